The zero-order valence-corrected chi connectivity index (χ0v) is 16.4. The first-order valence-corrected chi connectivity index (χ1v) is 8.99. The van der Waals surface area contributed by atoms with Crippen LogP contribution in [0, 0.1) is 0 Å². The van der Waals surface area contributed by atoms with Crippen molar-refractivity contribution in [3.05, 3.63) is 60.4 Å². The topological polar surface area (TPSA) is 94.6 Å². The van der Waals surface area contributed by atoms with Crippen molar-refractivity contribution in [1.82, 2.24) is 9.97 Å². The minimum Gasteiger partial charge on any atom is -0.497 e. The van der Waals surface area contributed by atoms with E-state index in [-0.39, 0.29) is 5.91 Å². The van der Waals surface area contributed by atoms with Crippen LogP contribution in [0.4, 0.5) is 17.3 Å². The monoisotopic (exact) mass is 394 g/mol. The predicted molar refractivity (Wildman–Crippen MR) is 110 cm³/mol. The van der Waals surface area contributed by atoms with Crippen LogP contribution in [0.5, 0.6) is 17.2 Å². The van der Waals surface area contributed by atoms with Crippen molar-refractivity contribution in [2.75, 3.05) is 31.5 Å². The summed E-state index contributed by atoms with van der Waals surface area (Å²) in [7, 11) is 3.08. The summed E-state index contributed by atoms with van der Waals surface area (Å²) >= 11 is 0. The van der Waals surface area contributed by atoms with E-state index in [1.54, 1.807) is 25.3 Å². The van der Waals surface area contributed by atoms with Gasteiger partial charge < -0.3 is 24.8 Å². The Morgan fingerprint density at radius 3 is 2.41 bits per heavy atom. The standard InChI is InChI=1S/C21H22N4O4/c1-4-29-19-8-6-5-7-16(19)25-21-22-12-14(13-23-21)20(26)24-17-11-15(27-2)9-10-18(17)28-3/h5-13H,4H2,1-3H3,(H,24,26)(H,22,23,25). The molecule has 3 aromatic rings. The Balaban J connectivity index is 1.73. The highest BCUT2D eigenvalue weighted by molar-refractivity contribution is 6.04. The quantitative estimate of drug-likeness (QED) is 0.598. The van der Waals surface area contributed by atoms with Gasteiger partial charge in [-0.25, -0.2) is 9.97 Å². The van der Waals surface area contributed by atoms with Crippen LogP contribution in [0.2, 0.25) is 0 Å². The number of hydrogen-bond acceptors (Lipinski definition) is 7. The molecule has 0 unspecified atom stereocenters. The molecule has 0 fully saturated rings. The zero-order chi connectivity index (χ0) is 20.6. The molecular weight excluding hydrogens is 372 g/mol. The fraction of sp³-hybridized carbons (Fsp3) is 0.190. The Bertz CT molecular complexity index is 977. The molecule has 0 saturated heterocycles. The first-order valence-electron chi connectivity index (χ1n) is 8.99. The van der Waals surface area contributed by atoms with E-state index in [1.165, 1.54) is 19.5 Å². The highest BCUT2D eigenvalue weighted by atomic mass is 16.5. The van der Waals surface area contributed by atoms with Crippen molar-refractivity contribution < 1.29 is 19.0 Å². The molecule has 1 amide bonds. The van der Waals surface area contributed by atoms with E-state index in [0.717, 1.165) is 5.69 Å². The maximum Gasteiger partial charge on any atom is 0.258 e. The second-order valence-corrected chi connectivity index (χ2v) is 5.87. The van der Waals surface area contributed by atoms with E-state index in [1.807, 2.05) is 31.2 Å². The molecule has 29 heavy (non-hydrogen) atoms. The second-order valence-electron chi connectivity index (χ2n) is 5.87. The molecule has 0 spiro atoms. The predicted octanol–water partition coefficient (Wildman–Crippen LogP) is 3.89. The number of amides is 1. The average Bonchev–Trinajstić information content (AvgIpc) is 2.75. The van der Waals surface area contributed by atoms with Gasteiger partial charge in [-0.1, -0.05) is 12.1 Å². The number of ether oxygens (including phenoxy) is 3. The van der Waals surface area contributed by atoms with Crippen molar-refractivity contribution in [3.8, 4) is 17.2 Å². The van der Waals surface area contributed by atoms with Crippen LogP contribution in [0.3, 0.4) is 0 Å². The lowest BCUT2D eigenvalue weighted by Crippen LogP contribution is -2.14. The van der Waals surface area contributed by atoms with E-state index in [0.29, 0.717) is 41.1 Å². The van der Waals surface area contributed by atoms with Crippen LogP contribution in [0.15, 0.2) is 54.9 Å². The summed E-state index contributed by atoms with van der Waals surface area (Å²) in [4.78, 5) is 21.0. The van der Waals surface area contributed by atoms with E-state index in [4.69, 9.17) is 14.2 Å². The van der Waals surface area contributed by atoms with Crippen LogP contribution in [-0.2, 0) is 0 Å². The van der Waals surface area contributed by atoms with Gasteiger partial charge in [0.25, 0.3) is 5.91 Å². The van der Waals surface area contributed by atoms with Gasteiger partial charge >= 0.3 is 0 Å². The minimum absolute atomic E-state index is 0.304. The lowest BCUT2D eigenvalue weighted by molar-refractivity contribution is 0.102. The number of para-hydroxylation sites is 2. The Kier molecular flexibility index (Phi) is 6.47. The smallest absolute Gasteiger partial charge is 0.258 e. The summed E-state index contributed by atoms with van der Waals surface area (Å²) in [6.45, 7) is 2.46. The normalized spacial score (nSPS) is 10.2. The summed E-state index contributed by atoms with van der Waals surface area (Å²) < 4.78 is 16.0. The maximum absolute atomic E-state index is 12.6. The number of hydrogen-bond donors (Lipinski definition) is 2. The van der Waals surface area contributed by atoms with Crippen molar-refractivity contribution in [2.24, 2.45) is 0 Å². The van der Waals surface area contributed by atoms with E-state index in [2.05, 4.69) is 20.6 Å². The third-order valence-corrected chi connectivity index (χ3v) is 4.00. The molecular formula is C21H22N4O4. The summed E-state index contributed by atoms with van der Waals surface area (Å²) in [6, 6.07) is 12.6. The van der Waals surface area contributed by atoms with Gasteiger partial charge in [0.15, 0.2) is 0 Å². The highest BCUT2D eigenvalue weighted by Gasteiger charge is 2.12. The highest BCUT2D eigenvalue weighted by Crippen LogP contribution is 2.29. The van der Waals surface area contributed by atoms with Gasteiger partial charge in [0.2, 0.25) is 5.95 Å². The van der Waals surface area contributed by atoms with E-state index < -0.39 is 0 Å². The number of anilines is 3. The third-order valence-electron chi connectivity index (χ3n) is 4.00. The SMILES string of the molecule is CCOc1ccccc1Nc1ncc(C(=O)Nc2cc(OC)ccc2OC)cn1. The van der Waals surface area contributed by atoms with Gasteiger partial charge in [-0.05, 0) is 31.2 Å². The number of rotatable bonds is 8. The minimum atomic E-state index is -0.363. The number of nitrogens with zero attached hydrogens (tertiary/aromatic N) is 2. The molecule has 0 bridgehead atoms. The number of carbonyl (C=O) groups excluding carboxylic acids is 1. The van der Waals surface area contributed by atoms with Crippen LogP contribution in [0.1, 0.15) is 17.3 Å². The molecule has 2 aromatic carbocycles. The van der Waals surface area contributed by atoms with Crippen LogP contribution in [0.25, 0.3) is 0 Å². The Hall–Kier alpha value is -3.81. The second kappa shape index (κ2) is 9.41. The number of aromatic nitrogens is 2. The molecule has 0 atom stereocenters. The van der Waals surface area contributed by atoms with Crippen molar-refractivity contribution in [1.29, 1.82) is 0 Å². The Labute approximate surface area is 168 Å². The number of nitrogens with one attached hydrogen (secondary N) is 2. The van der Waals surface area contributed by atoms with E-state index >= 15 is 0 Å². The molecule has 0 aliphatic heterocycles. The molecule has 1 aromatic heterocycles. The van der Waals surface area contributed by atoms with Gasteiger partial charge in [0.05, 0.1) is 37.8 Å². The van der Waals surface area contributed by atoms with Crippen molar-refractivity contribution in [3.63, 3.8) is 0 Å². The molecule has 0 saturated carbocycles. The molecule has 8 heteroatoms. The van der Waals surface area contributed by atoms with Crippen LogP contribution in [-0.4, -0.2) is 36.7 Å². The van der Waals surface area contributed by atoms with Crippen molar-refractivity contribution in [2.45, 2.75) is 6.92 Å². The first-order chi connectivity index (χ1) is 14.1. The zero-order valence-electron chi connectivity index (χ0n) is 16.4. The van der Waals surface area contributed by atoms with Gasteiger partial charge in [-0.2, -0.15) is 0 Å². The molecule has 2 N–H and O–H groups in total. The molecule has 0 aliphatic rings. The third kappa shape index (κ3) is 4.92. The summed E-state index contributed by atoms with van der Waals surface area (Å²) in [5.74, 6) is 1.81. The van der Waals surface area contributed by atoms with Gasteiger partial charge in [-0.3, -0.25) is 4.79 Å². The lowest BCUT2D eigenvalue weighted by atomic mass is 10.2. The Morgan fingerprint density at radius 1 is 0.966 bits per heavy atom. The van der Waals surface area contributed by atoms with Gasteiger partial charge in [0.1, 0.15) is 17.2 Å². The maximum atomic E-state index is 12.6. The average molecular weight is 394 g/mol. The van der Waals surface area contributed by atoms with Crippen LogP contribution >= 0.6 is 0 Å². The number of methoxy groups -OCH3 is 2. The van der Waals surface area contributed by atoms with Crippen molar-refractivity contribution >= 4 is 23.2 Å². The molecule has 3 rings (SSSR count). The van der Waals surface area contributed by atoms with Gasteiger partial charge in [0, 0.05) is 18.5 Å². The molecule has 0 aliphatic carbocycles. The van der Waals surface area contributed by atoms with E-state index in [9.17, 15) is 4.79 Å². The molecule has 8 nitrogen and oxygen atoms in total. The number of carbonyl (C=O) groups is 1. The lowest BCUT2D eigenvalue weighted by Gasteiger charge is -2.12. The largest absolute Gasteiger partial charge is 0.497 e. The molecule has 150 valence electrons. The molecule has 0 radical (unpaired) electrons. The van der Waals surface area contributed by atoms with Gasteiger partial charge in [-0.15, -0.1) is 0 Å². The molecule has 1 heterocycles. The number of benzene rings is 2. The summed E-state index contributed by atoms with van der Waals surface area (Å²) in [5.41, 5.74) is 1.54. The fourth-order valence-electron chi connectivity index (χ4n) is 2.59. The first kappa shape index (κ1) is 19.9. The Morgan fingerprint density at radius 2 is 1.72 bits per heavy atom. The fourth-order valence-corrected chi connectivity index (χ4v) is 2.59. The summed E-state index contributed by atoms with van der Waals surface area (Å²) in [6.07, 6.45) is 2.89. The summed E-state index contributed by atoms with van der Waals surface area (Å²) in [5, 5.41) is 5.87. The van der Waals surface area contributed by atoms with Crippen LogP contribution < -0.4 is 24.8 Å².